The highest BCUT2D eigenvalue weighted by atomic mass is 32.1. The summed E-state index contributed by atoms with van der Waals surface area (Å²) in [5.41, 5.74) is 5.19. The zero-order valence-electron chi connectivity index (χ0n) is 14.5. The number of rotatable bonds is 4. The van der Waals surface area contributed by atoms with E-state index < -0.39 is 0 Å². The number of H-pyrrole nitrogens is 1. The summed E-state index contributed by atoms with van der Waals surface area (Å²) in [5.74, 6) is 0.509. The predicted molar refractivity (Wildman–Crippen MR) is 101 cm³/mol. The van der Waals surface area contributed by atoms with Crippen LogP contribution in [0.25, 0.3) is 11.3 Å². The molecule has 1 aromatic carbocycles. The minimum atomic E-state index is -0.247. The molecular formula is C18H19N5O2S. The summed E-state index contributed by atoms with van der Waals surface area (Å²) in [6.45, 7) is 3.56. The molecule has 134 valence electrons. The summed E-state index contributed by atoms with van der Waals surface area (Å²) >= 11 is 1.38. The van der Waals surface area contributed by atoms with Gasteiger partial charge in [0.2, 0.25) is 0 Å². The maximum atomic E-state index is 12.6. The molecule has 3 heterocycles. The Bertz CT molecular complexity index is 962. The van der Waals surface area contributed by atoms with Crippen molar-refractivity contribution < 1.29 is 9.53 Å². The van der Waals surface area contributed by atoms with Crippen molar-refractivity contribution in [3.63, 3.8) is 0 Å². The van der Waals surface area contributed by atoms with Crippen molar-refractivity contribution in [1.82, 2.24) is 20.5 Å². The van der Waals surface area contributed by atoms with Crippen molar-refractivity contribution >= 4 is 22.4 Å². The molecule has 26 heavy (non-hydrogen) atoms. The van der Waals surface area contributed by atoms with Crippen LogP contribution in [0.5, 0.6) is 5.75 Å². The van der Waals surface area contributed by atoms with Gasteiger partial charge in [-0.15, -0.1) is 11.3 Å². The van der Waals surface area contributed by atoms with E-state index in [2.05, 4.69) is 25.8 Å². The number of nitrogens with one attached hydrogen (secondary N) is 3. The second-order valence-electron chi connectivity index (χ2n) is 6.15. The third-order valence-electron chi connectivity index (χ3n) is 4.38. The van der Waals surface area contributed by atoms with E-state index in [-0.39, 0.29) is 5.91 Å². The summed E-state index contributed by atoms with van der Waals surface area (Å²) in [7, 11) is 1.64. The van der Waals surface area contributed by atoms with Crippen LogP contribution < -0.4 is 15.4 Å². The highest BCUT2D eigenvalue weighted by Gasteiger charge is 2.22. The summed E-state index contributed by atoms with van der Waals surface area (Å²) in [4.78, 5) is 17.1. The normalized spacial score (nSPS) is 13.3. The molecule has 0 saturated heterocycles. The highest BCUT2D eigenvalue weighted by molar-refractivity contribution is 7.14. The predicted octanol–water partition coefficient (Wildman–Crippen LogP) is 2.75. The van der Waals surface area contributed by atoms with Crippen LogP contribution in [0.3, 0.4) is 0 Å². The fourth-order valence-electron chi connectivity index (χ4n) is 3.05. The van der Waals surface area contributed by atoms with Gasteiger partial charge < -0.3 is 10.1 Å². The van der Waals surface area contributed by atoms with E-state index in [0.29, 0.717) is 17.4 Å². The molecule has 0 aliphatic carbocycles. The van der Waals surface area contributed by atoms with E-state index in [0.717, 1.165) is 46.8 Å². The molecule has 2 aromatic heterocycles. The number of thiazole rings is 1. The molecule has 0 saturated carbocycles. The van der Waals surface area contributed by atoms with Crippen LogP contribution in [0.4, 0.5) is 5.13 Å². The Balaban J connectivity index is 1.57. The Morgan fingerprint density at radius 3 is 3.12 bits per heavy atom. The summed E-state index contributed by atoms with van der Waals surface area (Å²) < 4.78 is 5.42. The average Bonchev–Trinajstić information content (AvgIpc) is 3.28. The first-order chi connectivity index (χ1) is 12.7. The Kier molecular flexibility index (Phi) is 4.44. The monoisotopic (exact) mass is 369 g/mol. The van der Waals surface area contributed by atoms with Crippen LogP contribution in [0.15, 0.2) is 23.6 Å². The van der Waals surface area contributed by atoms with Gasteiger partial charge >= 0.3 is 0 Å². The van der Waals surface area contributed by atoms with E-state index in [4.69, 9.17) is 4.74 Å². The van der Waals surface area contributed by atoms with E-state index in [1.54, 1.807) is 7.11 Å². The molecule has 1 aliphatic heterocycles. The molecular weight excluding hydrogens is 350 g/mol. The van der Waals surface area contributed by atoms with E-state index in [9.17, 15) is 4.79 Å². The topological polar surface area (TPSA) is 91.9 Å². The number of hydrogen-bond acceptors (Lipinski definition) is 6. The minimum absolute atomic E-state index is 0.247. The van der Waals surface area contributed by atoms with Crippen LogP contribution >= 0.6 is 11.3 Å². The van der Waals surface area contributed by atoms with Gasteiger partial charge in [-0.1, -0.05) is 11.6 Å². The highest BCUT2D eigenvalue weighted by Crippen LogP contribution is 2.33. The SMILES string of the molecule is COc1ccc(C)cc1-c1csc(NC(=O)c2n[nH]c3c2CNCC3)n1. The van der Waals surface area contributed by atoms with Crippen LogP contribution in [0.1, 0.15) is 27.3 Å². The van der Waals surface area contributed by atoms with Gasteiger partial charge in [0.25, 0.3) is 5.91 Å². The molecule has 0 fully saturated rings. The number of hydrogen-bond donors (Lipinski definition) is 3. The number of anilines is 1. The van der Waals surface area contributed by atoms with Crippen molar-refractivity contribution in [3.05, 3.63) is 46.1 Å². The van der Waals surface area contributed by atoms with Gasteiger partial charge in [0.15, 0.2) is 10.8 Å². The van der Waals surface area contributed by atoms with Crippen LogP contribution in [0.2, 0.25) is 0 Å². The number of carbonyl (C=O) groups excluding carboxylic acids is 1. The summed E-state index contributed by atoms with van der Waals surface area (Å²) in [5, 5.41) is 15.7. The number of aryl methyl sites for hydroxylation is 1. The van der Waals surface area contributed by atoms with Gasteiger partial charge in [-0.25, -0.2) is 4.98 Å². The maximum Gasteiger partial charge on any atom is 0.278 e. The number of ether oxygens (including phenoxy) is 1. The van der Waals surface area contributed by atoms with Gasteiger partial charge in [-0.2, -0.15) is 5.10 Å². The molecule has 0 spiro atoms. The first kappa shape index (κ1) is 16.7. The molecule has 0 atom stereocenters. The third kappa shape index (κ3) is 3.09. The van der Waals surface area contributed by atoms with Gasteiger partial charge in [-0.3, -0.25) is 15.2 Å². The van der Waals surface area contributed by atoms with Crippen molar-refractivity contribution in [3.8, 4) is 17.0 Å². The van der Waals surface area contributed by atoms with Crippen molar-refractivity contribution in [2.75, 3.05) is 19.0 Å². The zero-order valence-corrected chi connectivity index (χ0v) is 15.4. The van der Waals surface area contributed by atoms with E-state index in [1.165, 1.54) is 11.3 Å². The van der Waals surface area contributed by atoms with E-state index >= 15 is 0 Å². The fraction of sp³-hybridized carbons (Fsp3) is 0.278. The number of benzene rings is 1. The molecule has 0 unspecified atom stereocenters. The number of amides is 1. The molecule has 1 aliphatic rings. The Labute approximate surface area is 154 Å². The molecule has 1 amide bonds. The van der Waals surface area contributed by atoms with Crippen LogP contribution in [0, 0.1) is 6.92 Å². The number of fused-ring (bicyclic) bond motifs is 1. The number of carbonyl (C=O) groups is 1. The first-order valence-corrected chi connectivity index (χ1v) is 9.22. The molecule has 3 N–H and O–H groups in total. The van der Waals surface area contributed by atoms with Gasteiger partial charge in [0.1, 0.15) is 5.75 Å². The molecule has 7 nitrogen and oxygen atoms in total. The number of aromatic nitrogens is 3. The van der Waals surface area contributed by atoms with Crippen molar-refractivity contribution in [2.24, 2.45) is 0 Å². The smallest absolute Gasteiger partial charge is 0.278 e. The number of aromatic amines is 1. The number of methoxy groups -OCH3 is 1. The maximum absolute atomic E-state index is 12.6. The minimum Gasteiger partial charge on any atom is -0.496 e. The lowest BCUT2D eigenvalue weighted by atomic mass is 10.1. The van der Waals surface area contributed by atoms with Gasteiger partial charge in [-0.05, 0) is 19.1 Å². The first-order valence-electron chi connectivity index (χ1n) is 8.34. The lowest BCUT2D eigenvalue weighted by molar-refractivity contribution is 0.102. The van der Waals surface area contributed by atoms with Crippen LogP contribution in [-0.2, 0) is 13.0 Å². The lowest BCUT2D eigenvalue weighted by Crippen LogP contribution is -2.25. The third-order valence-corrected chi connectivity index (χ3v) is 5.13. The van der Waals surface area contributed by atoms with Crippen LogP contribution in [-0.4, -0.2) is 34.7 Å². The zero-order chi connectivity index (χ0) is 18.1. The van der Waals surface area contributed by atoms with E-state index in [1.807, 2.05) is 30.5 Å². The quantitative estimate of drug-likeness (QED) is 0.658. The summed E-state index contributed by atoms with van der Waals surface area (Å²) in [6, 6.07) is 5.94. The van der Waals surface area contributed by atoms with Gasteiger partial charge in [0, 0.05) is 41.7 Å². The Morgan fingerprint density at radius 1 is 1.38 bits per heavy atom. The molecule has 0 radical (unpaired) electrons. The molecule has 3 aromatic rings. The fourth-order valence-corrected chi connectivity index (χ4v) is 3.75. The van der Waals surface area contributed by atoms with Gasteiger partial charge in [0.05, 0.1) is 12.8 Å². The second kappa shape index (κ2) is 6.89. The average molecular weight is 369 g/mol. The number of nitrogens with zero attached hydrogens (tertiary/aromatic N) is 2. The lowest BCUT2D eigenvalue weighted by Gasteiger charge is -2.12. The Hall–Kier alpha value is -2.71. The van der Waals surface area contributed by atoms with Crippen molar-refractivity contribution in [2.45, 2.75) is 19.9 Å². The molecule has 4 rings (SSSR count). The Morgan fingerprint density at radius 2 is 2.27 bits per heavy atom. The molecule has 8 heteroatoms. The summed E-state index contributed by atoms with van der Waals surface area (Å²) in [6.07, 6.45) is 0.851. The van der Waals surface area contributed by atoms with Crippen molar-refractivity contribution in [1.29, 1.82) is 0 Å². The molecule has 0 bridgehead atoms. The standard InChI is InChI=1S/C18H19N5O2S/c1-10-3-4-15(25-2)11(7-10)14-9-26-18(20-14)21-17(24)16-12-8-19-6-5-13(12)22-23-16/h3-4,7,9,19H,5-6,8H2,1-2H3,(H,22,23)(H,20,21,24). The largest absolute Gasteiger partial charge is 0.496 e. The second-order valence-corrected chi connectivity index (χ2v) is 7.01.